The average Bonchev–Trinajstić information content (AvgIpc) is 3.63. The Morgan fingerprint density at radius 3 is 2.54 bits per heavy atom. The number of nitrogens with zero attached hydrogens (tertiary/aromatic N) is 8. The number of para-hydroxylation sites is 1. The van der Waals surface area contributed by atoms with Crippen molar-refractivity contribution in [1.82, 2.24) is 40.4 Å². The van der Waals surface area contributed by atoms with Crippen LogP contribution in [-0.4, -0.2) is 111 Å². The zero-order valence-electron chi connectivity index (χ0n) is 21.5. The van der Waals surface area contributed by atoms with Crippen molar-refractivity contribution in [3.05, 3.63) is 54.0 Å². The van der Waals surface area contributed by atoms with Crippen LogP contribution >= 0.6 is 0 Å². The number of aromatic nitrogens is 6. The van der Waals surface area contributed by atoms with E-state index in [9.17, 15) is 14.4 Å². The van der Waals surface area contributed by atoms with Crippen molar-refractivity contribution in [3.63, 3.8) is 0 Å². The zero-order chi connectivity index (χ0) is 27.5. The Labute approximate surface area is 223 Å². The smallest absolute Gasteiger partial charge is 0.295 e. The minimum absolute atomic E-state index is 0.0616. The fourth-order valence-corrected chi connectivity index (χ4v) is 4.56. The normalized spacial score (nSPS) is 13.5. The molecule has 1 fully saturated rings. The fraction of sp³-hybridized carbons (Fsp3) is 0.320. The first-order valence-electron chi connectivity index (χ1n) is 12.4. The Morgan fingerprint density at radius 2 is 1.85 bits per heavy atom. The van der Waals surface area contributed by atoms with Gasteiger partial charge in [-0.05, 0) is 22.6 Å². The van der Waals surface area contributed by atoms with E-state index in [0.29, 0.717) is 48.7 Å². The van der Waals surface area contributed by atoms with E-state index in [1.807, 2.05) is 35.2 Å². The standard InChI is InChI=1S/C25H28N10O4/c1-32(2)18-15-28-21(23(38)26-8-13-36)20-19(18)17(14-27-20)22(37)24(39)33-9-11-34(12-10-33)25-29-30-31-35(25)16-6-4-3-5-7-16/h3-7,14-15,27,36H,8-13H2,1-2H3,(H,26,38). The van der Waals surface area contributed by atoms with E-state index in [1.165, 1.54) is 17.3 Å². The summed E-state index contributed by atoms with van der Waals surface area (Å²) in [5.74, 6) is -1.25. The number of aliphatic hydroxyl groups excluding tert-OH is 1. The number of benzene rings is 1. The lowest BCUT2D eigenvalue weighted by Gasteiger charge is -2.34. The first-order valence-corrected chi connectivity index (χ1v) is 12.4. The number of Topliss-reactive ketones (excluding diaryl/α,β-unsaturated/α-hetero) is 1. The predicted molar refractivity (Wildman–Crippen MR) is 142 cm³/mol. The molecular weight excluding hydrogens is 504 g/mol. The Balaban J connectivity index is 1.35. The zero-order valence-corrected chi connectivity index (χ0v) is 21.5. The molecule has 4 aromatic rings. The number of hydrogen-bond donors (Lipinski definition) is 3. The number of anilines is 2. The van der Waals surface area contributed by atoms with Crippen LogP contribution < -0.4 is 15.1 Å². The summed E-state index contributed by atoms with van der Waals surface area (Å²) in [6.45, 7) is 1.36. The third kappa shape index (κ3) is 4.88. The summed E-state index contributed by atoms with van der Waals surface area (Å²) in [5.41, 5.74) is 1.97. The van der Waals surface area contributed by atoms with Gasteiger partial charge in [-0.15, -0.1) is 0 Å². The number of rotatable bonds is 8. The van der Waals surface area contributed by atoms with Gasteiger partial charge in [0, 0.05) is 58.4 Å². The Bertz CT molecular complexity index is 1510. The molecule has 0 saturated carbocycles. The van der Waals surface area contributed by atoms with Crippen molar-refractivity contribution in [2.75, 3.05) is 63.2 Å². The third-order valence-corrected chi connectivity index (χ3v) is 6.53. The second kappa shape index (κ2) is 10.9. The maximum atomic E-state index is 13.5. The molecular formula is C25H28N10O4. The molecule has 3 aromatic heterocycles. The number of tetrazole rings is 1. The number of nitrogens with one attached hydrogen (secondary N) is 2. The van der Waals surface area contributed by atoms with Crippen LogP contribution in [-0.2, 0) is 4.79 Å². The van der Waals surface area contributed by atoms with Crippen molar-refractivity contribution in [2.24, 2.45) is 0 Å². The molecule has 5 rings (SSSR count). The molecule has 0 bridgehead atoms. The van der Waals surface area contributed by atoms with Crippen molar-refractivity contribution in [1.29, 1.82) is 0 Å². The Hall–Kier alpha value is -4.85. The summed E-state index contributed by atoms with van der Waals surface area (Å²) < 4.78 is 1.64. The molecule has 14 heteroatoms. The van der Waals surface area contributed by atoms with Gasteiger partial charge in [0.25, 0.3) is 17.6 Å². The number of fused-ring (bicyclic) bond motifs is 1. The quantitative estimate of drug-likeness (QED) is 0.205. The van der Waals surface area contributed by atoms with Crippen molar-refractivity contribution in [2.45, 2.75) is 0 Å². The molecule has 0 aliphatic carbocycles. The number of amides is 2. The number of carbonyl (C=O) groups excluding carboxylic acids is 3. The molecule has 39 heavy (non-hydrogen) atoms. The summed E-state index contributed by atoms with van der Waals surface area (Å²) in [6.07, 6.45) is 2.92. The maximum Gasteiger partial charge on any atom is 0.295 e. The van der Waals surface area contributed by atoms with Gasteiger partial charge in [0.15, 0.2) is 5.69 Å². The highest BCUT2D eigenvalue weighted by Gasteiger charge is 2.31. The minimum atomic E-state index is -0.681. The lowest BCUT2D eigenvalue weighted by atomic mass is 10.1. The second-order valence-electron chi connectivity index (χ2n) is 9.15. The van der Waals surface area contributed by atoms with E-state index in [2.05, 4.69) is 30.8 Å². The molecule has 1 aliphatic heterocycles. The number of aromatic amines is 1. The van der Waals surface area contributed by atoms with E-state index in [-0.39, 0.29) is 24.4 Å². The van der Waals surface area contributed by atoms with Gasteiger partial charge in [-0.1, -0.05) is 23.3 Å². The number of aliphatic hydroxyl groups is 1. The van der Waals surface area contributed by atoms with Gasteiger partial charge in [0.05, 0.1) is 35.3 Å². The molecule has 0 atom stereocenters. The van der Waals surface area contributed by atoms with Gasteiger partial charge in [-0.3, -0.25) is 14.4 Å². The van der Waals surface area contributed by atoms with Gasteiger partial charge in [-0.25, -0.2) is 4.98 Å². The van der Waals surface area contributed by atoms with E-state index in [0.717, 1.165) is 5.69 Å². The van der Waals surface area contributed by atoms with Gasteiger partial charge in [-0.2, -0.15) is 4.68 Å². The van der Waals surface area contributed by atoms with E-state index >= 15 is 0 Å². The monoisotopic (exact) mass is 532 g/mol. The Morgan fingerprint density at radius 1 is 1.10 bits per heavy atom. The fourth-order valence-electron chi connectivity index (χ4n) is 4.56. The molecule has 14 nitrogen and oxygen atoms in total. The van der Waals surface area contributed by atoms with E-state index < -0.39 is 17.6 Å². The van der Waals surface area contributed by atoms with Gasteiger partial charge in [0.2, 0.25) is 5.95 Å². The van der Waals surface area contributed by atoms with Gasteiger partial charge >= 0.3 is 0 Å². The summed E-state index contributed by atoms with van der Waals surface area (Å²) >= 11 is 0. The Kier molecular flexibility index (Phi) is 7.19. The molecule has 0 radical (unpaired) electrons. The van der Waals surface area contributed by atoms with E-state index in [4.69, 9.17) is 5.11 Å². The average molecular weight is 533 g/mol. The van der Waals surface area contributed by atoms with Crippen LogP contribution in [0.25, 0.3) is 16.6 Å². The number of pyridine rings is 1. The minimum Gasteiger partial charge on any atom is -0.395 e. The molecule has 1 saturated heterocycles. The van der Waals surface area contributed by atoms with Crippen LogP contribution in [0.15, 0.2) is 42.7 Å². The number of ketones is 1. The van der Waals surface area contributed by atoms with Crippen LogP contribution in [0.2, 0.25) is 0 Å². The largest absolute Gasteiger partial charge is 0.395 e. The topological polar surface area (TPSA) is 165 Å². The van der Waals surface area contributed by atoms with Crippen LogP contribution in [0, 0.1) is 0 Å². The van der Waals surface area contributed by atoms with Crippen molar-refractivity contribution >= 4 is 40.1 Å². The molecule has 3 N–H and O–H groups in total. The van der Waals surface area contributed by atoms with Gasteiger partial charge in [0.1, 0.15) is 0 Å². The first-order chi connectivity index (χ1) is 18.9. The molecule has 4 heterocycles. The molecule has 0 spiro atoms. The summed E-state index contributed by atoms with van der Waals surface area (Å²) in [5, 5.41) is 24.1. The molecule has 202 valence electrons. The number of H-pyrrole nitrogens is 1. The number of hydrogen-bond acceptors (Lipinski definition) is 10. The lowest BCUT2D eigenvalue weighted by molar-refractivity contribution is -0.126. The van der Waals surface area contributed by atoms with Gasteiger partial charge < -0.3 is 30.1 Å². The maximum absolute atomic E-state index is 13.5. The molecule has 2 amide bonds. The second-order valence-corrected chi connectivity index (χ2v) is 9.15. The van der Waals surface area contributed by atoms with E-state index in [1.54, 1.807) is 23.7 Å². The highest BCUT2D eigenvalue weighted by molar-refractivity contribution is 6.45. The predicted octanol–water partition coefficient (Wildman–Crippen LogP) is -0.142. The van der Waals surface area contributed by atoms with Crippen LogP contribution in [0.5, 0.6) is 0 Å². The summed E-state index contributed by atoms with van der Waals surface area (Å²) in [4.78, 5) is 51.8. The molecule has 1 aromatic carbocycles. The molecule has 0 unspecified atom stereocenters. The van der Waals surface area contributed by atoms with Crippen LogP contribution in [0.1, 0.15) is 20.8 Å². The number of piperazine rings is 1. The first kappa shape index (κ1) is 25.8. The molecule has 1 aliphatic rings. The summed E-state index contributed by atoms with van der Waals surface area (Å²) in [6, 6.07) is 9.51. The van der Waals surface area contributed by atoms with Crippen molar-refractivity contribution in [3.8, 4) is 5.69 Å². The lowest BCUT2D eigenvalue weighted by Crippen LogP contribution is -2.51. The number of carbonyl (C=O) groups is 3. The third-order valence-electron chi connectivity index (χ3n) is 6.53. The van der Waals surface area contributed by atoms with Crippen molar-refractivity contribution < 1.29 is 19.5 Å². The highest BCUT2D eigenvalue weighted by Crippen LogP contribution is 2.31. The summed E-state index contributed by atoms with van der Waals surface area (Å²) in [7, 11) is 3.57. The highest BCUT2D eigenvalue weighted by atomic mass is 16.3. The SMILES string of the molecule is CN(C)c1cnc(C(=O)NCCO)c2[nH]cc(C(=O)C(=O)N3CCN(c4nnnn4-c4ccccc4)CC3)c12. The van der Waals surface area contributed by atoms with Crippen LogP contribution in [0.3, 0.4) is 0 Å². The van der Waals surface area contributed by atoms with Crippen LogP contribution in [0.4, 0.5) is 11.6 Å².